The van der Waals surface area contributed by atoms with E-state index < -0.39 is 0 Å². The highest BCUT2D eigenvalue weighted by Gasteiger charge is 2.14. The molecule has 110 valence electrons. The number of nitrogens with one attached hydrogen (secondary N) is 1. The Balaban J connectivity index is 1.81. The van der Waals surface area contributed by atoms with E-state index in [2.05, 4.69) is 30.5 Å². The van der Waals surface area contributed by atoms with Gasteiger partial charge in [0.1, 0.15) is 0 Å². The number of para-hydroxylation sites is 2. The molecule has 0 bridgehead atoms. The summed E-state index contributed by atoms with van der Waals surface area (Å²) < 4.78 is 6.90. The van der Waals surface area contributed by atoms with Gasteiger partial charge in [0, 0.05) is 6.42 Å². The molecule has 4 aromatic rings. The van der Waals surface area contributed by atoms with Gasteiger partial charge in [-0.05, 0) is 19.1 Å². The Morgan fingerprint density at radius 2 is 2.09 bits per heavy atom. The Bertz CT molecular complexity index is 991. The number of rotatable bonds is 3. The summed E-state index contributed by atoms with van der Waals surface area (Å²) in [5.74, 6) is 0.608. The molecule has 0 spiro atoms. The molecule has 3 heterocycles. The van der Waals surface area contributed by atoms with E-state index in [0.29, 0.717) is 17.9 Å². The van der Waals surface area contributed by atoms with Crippen LogP contribution in [0.2, 0.25) is 0 Å². The van der Waals surface area contributed by atoms with E-state index in [1.54, 1.807) is 0 Å². The zero-order valence-electron chi connectivity index (χ0n) is 12.1. The van der Waals surface area contributed by atoms with Crippen molar-refractivity contribution in [3.8, 4) is 0 Å². The van der Waals surface area contributed by atoms with Crippen LogP contribution in [0.4, 0.5) is 11.7 Å². The average molecular weight is 295 g/mol. The number of imidazole rings is 1. The SMILES string of the molecule is CCc1noc(N=Nc2c(C)[nH]n3c2nc2ccccc23)n1. The largest absolute Gasteiger partial charge is 0.366 e. The molecule has 0 atom stereocenters. The Hall–Kier alpha value is -3.03. The maximum absolute atomic E-state index is 5.01. The summed E-state index contributed by atoms with van der Waals surface area (Å²) >= 11 is 0. The van der Waals surface area contributed by atoms with Gasteiger partial charge in [0.15, 0.2) is 17.2 Å². The fourth-order valence-corrected chi connectivity index (χ4v) is 2.33. The number of aryl methyl sites for hydroxylation is 2. The van der Waals surface area contributed by atoms with E-state index >= 15 is 0 Å². The number of hydrogen-bond donors (Lipinski definition) is 1. The summed E-state index contributed by atoms with van der Waals surface area (Å²) in [4.78, 5) is 8.69. The third kappa shape index (κ3) is 1.88. The van der Waals surface area contributed by atoms with Gasteiger partial charge in [-0.3, -0.25) is 5.10 Å². The van der Waals surface area contributed by atoms with Crippen LogP contribution in [0.1, 0.15) is 18.4 Å². The van der Waals surface area contributed by atoms with Crippen LogP contribution in [0.5, 0.6) is 0 Å². The van der Waals surface area contributed by atoms with Gasteiger partial charge in [-0.1, -0.05) is 29.3 Å². The fraction of sp³-hybridized carbons (Fsp3) is 0.214. The smallest absolute Gasteiger partial charge is 0.311 e. The highest BCUT2D eigenvalue weighted by atomic mass is 16.5. The molecule has 8 heteroatoms. The van der Waals surface area contributed by atoms with Crippen molar-refractivity contribution in [1.82, 2.24) is 24.7 Å². The average Bonchev–Trinajstić information content (AvgIpc) is 3.19. The van der Waals surface area contributed by atoms with Crippen LogP contribution in [0.3, 0.4) is 0 Å². The molecule has 8 nitrogen and oxygen atoms in total. The standard InChI is InChI=1S/C14H13N7O/c1-3-11-16-14(22-20-11)18-17-12-8(2)19-21-10-7-5-4-6-9(10)15-13(12)21/h4-7,19H,3H2,1-2H3. The molecule has 0 radical (unpaired) electrons. The van der Waals surface area contributed by atoms with Gasteiger partial charge in [-0.2, -0.15) is 4.98 Å². The molecule has 1 aromatic carbocycles. The number of aromatic nitrogens is 5. The summed E-state index contributed by atoms with van der Waals surface area (Å²) in [5, 5.41) is 15.3. The summed E-state index contributed by atoms with van der Waals surface area (Å²) in [6, 6.07) is 8.02. The topological polar surface area (TPSA) is 96.7 Å². The Kier molecular flexibility index (Phi) is 2.75. The highest BCUT2D eigenvalue weighted by Crippen LogP contribution is 2.29. The highest BCUT2D eigenvalue weighted by molar-refractivity contribution is 5.84. The lowest BCUT2D eigenvalue weighted by atomic mass is 10.3. The van der Waals surface area contributed by atoms with Crippen molar-refractivity contribution in [2.24, 2.45) is 10.2 Å². The van der Waals surface area contributed by atoms with E-state index in [9.17, 15) is 0 Å². The third-order valence-corrected chi connectivity index (χ3v) is 3.42. The lowest BCUT2D eigenvalue weighted by molar-refractivity contribution is 0.418. The maximum atomic E-state index is 5.01. The Morgan fingerprint density at radius 1 is 1.23 bits per heavy atom. The predicted octanol–water partition coefficient (Wildman–Crippen LogP) is 3.48. The molecule has 0 saturated carbocycles. The minimum absolute atomic E-state index is 0.145. The van der Waals surface area contributed by atoms with Crippen LogP contribution in [0, 0.1) is 6.92 Å². The zero-order chi connectivity index (χ0) is 15.1. The van der Waals surface area contributed by atoms with E-state index in [1.165, 1.54) is 0 Å². The molecule has 0 aliphatic rings. The molecule has 0 fully saturated rings. The van der Waals surface area contributed by atoms with Gasteiger partial charge in [0.2, 0.25) is 0 Å². The molecule has 0 aliphatic heterocycles. The summed E-state index contributed by atoms with van der Waals surface area (Å²) in [7, 11) is 0. The molecule has 4 rings (SSSR count). The first-order valence-electron chi connectivity index (χ1n) is 6.96. The lowest BCUT2D eigenvalue weighted by Crippen LogP contribution is -1.82. The van der Waals surface area contributed by atoms with Gasteiger partial charge in [-0.15, -0.1) is 5.11 Å². The van der Waals surface area contributed by atoms with Crippen molar-refractivity contribution in [3.63, 3.8) is 0 Å². The number of nitrogens with zero attached hydrogens (tertiary/aromatic N) is 6. The van der Waals surface area contributed by atoms with E-state index in [1.807, 2.05) is 42.6 Å². The second-order valence-electron chi connectivity index (χ2n) is 4.89. The van der Waals surface area contributed by atoms with E-state index in [4.69, 9.17) is 4.52 Å². The summed E-state index contributed by atoms with van der Waals surface area (Å²) in [5.41, 5.74) is 4.14. The second-order valence-corrected chi connectivity index (χ2v) is 4.89. The molecule has 22 heavy (non-hydrogen) atoms. The first kappa shape index (κ1) is 12.7. The Labute approximate surface area is 124 Å². The second kappa shape index (κ2) is 4.76. The molecular weight excluding hydrogens is 282 g/mol. The molecule has 0 unspecified atom stereocenters. The summed E-state index contributed by atoms with van der Waals surface area (Å²) in [6.45, 7) is 3.87. The van der Waals surface area contributed by atoms with Crippen LogP contribution < -0.4 is 0 Å². The minimum atomic E-state index is 0.145. The summed E-state index contributed by atoms with van der Waals surface area (Å²) in [6.07, 6.45) is 0.693. The van der Waals surface area contributed by atoms with Gasteiger partial charge < -0.3 is 4.52 Å². The van der Waals surface area contributed by atoms with Crippen LogP contribution in [-0.2, 0) is 6.42 Å². The quantitative estimate of drug-likeness (QED) is 0.585. The predicted molar refractivity (Wildman–Crippen MR) is 79.6 cm³/mol. The van der Waals surface area contributed by atoms with E-state index in [-0.39, 0.29) is 6.01 Å². The minimum Gasteiger partial charge on any atom is -0.311 e. The first-order chi connectivity index (χ1) is 10.8. The number of H-pyrrole nitrogens is 1. The van der Waals surface area contributed by atoms with Crippen LogP contribution in [0.15, 0.2) is 39.0 Å². The number of fused-ring (bicyclic) bond motifs is 3. The van der Waals surface area contributed by atoms with Crippen molar-refractivity contribution < 1.29 is 4.52 Å². The molecule has 0 amide bonds. The third-order valence-electron chi connectivity index (χ3n) is 3.42. The fourth-order valence-electron chi connectivity index (χ4n) is 2.33. The molecular formula is C14H13N7O. The van der Waals surface area contributed by atoms with Crippen molar-refractivity contribution in [2.45, 2.75) is 20.3 Å². The number of hydrogen-bond acceptors (Lipinski definition) is 6. The van der Waals surface area contributed by atoms with Crippen LogP contribution in [0.25, 0.3) is 16.7 Å². The molecule has 3 aromatic heterocycles. The number of benzene rings is 1. The van der Waals surface area contributed by atoms with Crippen molar-refractivity contribution in [3.05, 3.63) is 35.8 Å². The lowest BCUT2D eigenvalue weighted by Gasteiger charge is -1.89. The normalized spacial score (nSPS) is 12.1. The van der Waals surface area contributed by atoms with Crippen LogP contribution in [-0.4, -0.2) is 24.7 Å². The van der Waals surface area contributed by atoms with Crippen molar-refractivity contribution in [2.75, 3.05) is 0 Å². The maximum Gasteiger partial charge on any atom is 0.366 e. The van der Waals surface area contributed by atoms with Gasteiger partial charge >= 0.3 is 6.01 Å². The van der Waals surface area contributed by atoms with Gasteiger partial charge in [-0.25, -0.2) is 9.50 Å². The van der Waals surface area contributed by atoms with Crippen molar-refractivity contribution in [1.29, 1.82) is 0 Å². The number of aromatic amines is 1. The van der Waals surface area contributed by atoms with Gasteiger partial charge in [0.05, 0.1) is 16.7 Å². The molecule has 1 N–H and O–H groups in total. The number of azo groups is 1. The zero-order valence-corrected chi connectivity index (χ0v) is 12.1. The monoisotopic (exact) mass is 295 g/mol. The van der Waals surface area contributed by atoms with Crippen molar-refractivity contribution >= 4 is 28.4 Å². The first-order valence-corrected chi connectivity index (χ1v) is 6.96. The van der Waals surface area contributed by atoms with Crippen LogP contribution >= 0.6 is 0 Å². The Morgan fingerprint density at radius 3 is 2.91 bits per heavy atom. The van der Waals surface area contributed by atoms with Gasteiger partial charge in [0.25, 0.3) is 0 Å². The molecule has 0 saturated heterocycles. The van der Waals surface area contributed by atoms with E-state index in [0.717, 1.165) is 22.4 Å². The molecule has 0 aliphatic carbocycles.